The summed E-state index contributed by atoms with van der Waals surface area (Å²) in [6, 6.07) is 0.626. The lowest BCUT2D eigenvalue weighted by Gasteiger charge is -2.27. The van der Waals surface area contributed by atoms with Crippen LogP contribution in [0.5, 0.6) is 0 Å². The van der Waals surface area contributed by atoms with Crippen LogP contribution in [-0.2, 0) is 0 Å². The molecule has 0 aromatic rings. The summed E-state index contributed by atoms with van der Waals surface area (Å²) in [4.78, 5) is 0. The van der Waals surface area contributed by atoms with Crippen LogP contribution in [-0.4, -0.2) is 44.8 Å². The van der Waals surface area contributed by atoms with Crippen molar-refractivity contribution in [1.29, 1.82) is 0 Å². The summed E-state index contributed by atoms with van der Waals surface area (Å²) in [5.74, 6) is 0. The molecule has 0 radical (unpaired) electrons. The molecule has 5 N–H and O–H groups in total. The summed E-state index contributed by atoms with van der Waals surface area (Å²) in [7, 11) is 0. The highest BCUT2D eigenvalue weighted by atomic mass is 15.1. The van der Waals surface area contributed by atoms with Crippen LogP contribution in [0.15, 0.2) is 0 Å². The minimum atomic E-state index is 0.220. The Morgan fingerprint density at radius 3 is 2.67 bits per heavy atom. The molecule has 1 heterocycles. The Kier molecular flexibility index (Phi) is 4.53. The van der Waals surface area contributed by atoms with Crippen molar-refractivity contribution >= 4 is 0 Å². The maximum absolute atomic E-state index is 5.97. The molecule has 1 aliphatic heterocycles. The molecule has 0 spiro atoms. The van der Waals surface area contributed by atoms with Crippen molar-refractivity contribution in [2.24, 2.45) is 5.73 Å². The molecular weight excluding hydrogens is 152 g/mol. The molecule has 0 bridgehead atoms. The fraction of sp³-hybridized carbons (Fsp3) is 1.00. The third-order valence-electron chi connectivity index (χ3n) is 2.21. The van der Waals surface area contributed by atoms with Crippen LogP contribution >= 0.6 is 0 Å². The van der Waals surface area contributed by atoms with Crippen LogP contribution in [0.2, 0.25) is 0 Å². The van der Waals surface area contributed by atoms with E-state index in [9.17, 15) is 0 Å². The van der Waals surface area contributed by atoms with E-state index < -0.39 is 0 Å². The van der Waals surface area contributed by atoms with E-state index in [1.54, 1.807) is 0 Å². The third kappa shape index (κ3) is 3.06. The highest BCUT2D eigenvalue weighted by molar-refractivity contribution is 4.84. The topological polar surface area (TPSA) is 62.1 Å². The van der Waals surface area contributed by atoms with Gasteiger partial charge >= 0.3 is 0 Å². The standard InChI is InChI=1S/C8H20N4/c1-2-12-8-6-11-4-3-10-5-7(8)9/h7-8,10-12H,2-6,9H2,1H3/t7-,8-/m0/s1. The van der Waals surface area contributed by atoms with Gasteiger partial charge in [-0.1, -0.05) is 6.92 Å². The highest BCUT2D eigenvalue weighted by Gasteiger charge is 2.17. The number of likely N-dealkylation sites (N-methyl/N-ethyl adjacent to an activating group) is 1. The quantitative estimate of drug-likeness (QED) is 0.409. The van der Waals surface area contributed by atoms with Crippen molar-refractivity contribution in [3.05, 3.63) is 0 Å². The van der Waals surface area contributed by atoms with Gasteiger partial charge < -0.3 is 21.7 Å². The summed E-state index contributed by atoms with van der Waals surface area (Å²) in [5, 5.41) is 10.0. The lowest BCUT2D eigenvalue weighted by molar-refractivity contribution is 0.376. The number of nitrogens with two attached hydrogens (primary N) is 1. The SMILES string of the molecule is CCN[C@H]1CNCCNC[C@@H]1N. The Hall–Kier alpha value is -0.160. The predicted molar refractivity (Wildman–Crippen MR) is 51.2 cm³/mol. The zero-order valence-electron chi connectivity index (χ0n) is 7.77. The summed E-state index contributed by atoms with van der Waals surface area (Å²) in [6.07, 6.45) is 0. The maximum atomic E-state index is 5.97. The van der Waals surface area contributed by atoms with E-state index in [1.807, 2.05) is 0 Å². The minimum absolute atomic E-state index is 0.220. The molecule has 1 saturated heterocycles. The van der Waals surface area contributed by atoms with Crippen molar-refractivity contribution in [2.75, 3.05) is 32.7 Å². The van der Waals surface area contributed by atoms with Gasteiger partial charge in [0.1, 0.15) is 0 Å². The molecule has 0 saturated carbocycles. The average molecular weight is 172 g/mol. The molecule has 1 rings (SSSR count). The van der Waals surface area contributed by atoms with E-state index in [0.717, 1.165) is 32.7 Å². The lowest BCUT2D eigenvalue weighted by Crippen LogP contribution is -2.57. The van der Waals surface area contributed by atoms with Crippen molar-refractivity contribution in [1.82, 2.24) is 16.0 Å². The molecule has 72 valence electrons. The van der Waals surface area contributed by atoms with E-state index in [-0.39, 0.29) is 6.04 Å². The van der Waals surface area contributed by atoms with Crippen LogP contribution in [0.1, 0.15) is 6.92 Å². The molecule has 0 aromatic heterocycles. The summed E-state index contributed by atoms with van der Waals surface area (Å²) < 4.78 is 0. The third-order valence-corrected chi connectivity index (χ3v) is 2.21. The van der Waals surface area contributed by atoms with E-state index in [2.05, 4.69) is 22.9 Å². The summed E-state index contributed by atoms with van der Waals surface area (Å²) >= 11 is 0. The fourth-order valence-electron chi connectivity index (χ4n) is 1.48. The Bertz CT molecular complexity index is 118. The Morgan fingerprint density at radius 2 is 2.00 bits per heavy atom. The van der Waals surface area contributed by atoms with E-state index >= 15 is 0 Å². The van der Waals surface area contributed by atoms with Crippen LogP contribution in [0.25, 0.3) is 0 Å². The molecule has 0 unspecified atom stereocenters. The fourth-order valence-corrected chi connectivity index (χ4v) is 1.48. The highest BCUT2D eigenvalue weighted by Crippen LogP contribution is 1.90. The monoisotopic (exact) mass is 172 g/mol. The molecule has 0 aromatic carbocycles. The summed E-state index contributed by atoms with van der Waals surface area (Å²) in [5.41, 5.74) is 5.97. The maximum Gasteiger partial charge on any atom is 0.0356 e. The van der Waals surface area contributed by atoms with Gasteiger partial charge in [0.25, 0.3) is 0 Å². The Morgan fingerprint density at radius 1 is 1.33 bits per heavy atom. The van der Waals surface area contributed by atoms with E-state index in [1.165, 1.54) is 0 Å². The zero-order valence-corrected chi connectivity index (χ0v) is 7.77. The van der Waals surface area contributed by atoms with Gasteiger partial charge in [-0.2, -0.15) is 0 Å². The first-order valence-electron chi connectivity index (χ1n) is 4.75. The van der Waals surface area contributed by atoms with Crippen molar-refractivity contribution in [3.8, 4) is 0 Å². The second kappa shape index (κ2) is 5.48. The number of rotatable bonds is 2. The molecule has 1 fully saturated rings. The number of hydrogen-bond acceptors (Lipinski definition) is 4. The molecule has 0 amide bonds. The second-order valence-electron chi connectivity index (χ2n) is 3.24. The smallest absolute Gasteiger partial charge is 0.0356 e. The first-order chi connectivity index (χ1) is 5.84. The van der Waals surface area contributed by atoms with Gasteiger partial charge in [-0.05, 0) is 6.54 Å². The van der Waals surface area contributed by atoms with E-state index in [0.29, 0.717) is 6.04 Å². The van der Waals surface area contributed by atoms with Gasteiger partial charge in [0.05, 0.1) is 0 Å². The van der Waals surface area contributed by atoms with Gasteiger partial charge in [0, 0.05) is 38.3 Å². The minimum Gasteiger partial charge on any atom is -0.325 e. The Balaban J connectivity index is 2.32. The van der Waals surface area contributed by atoms with Crippen molar-refractivity contribution < 1.29 is 0 Å². The van der Waals surface area contributed by atoms with Gasteiger partial charge in [-0.3, -0.25) is 0 Å². The first kappa shape index (κ1) is 9.92. The van der Waals surface area contributed by atoms with Crippen LogP contribution in [0.4, 0.5) is 0 Å². The van der Waals surface area contributed by atoms with Gasteiger partial charge in [-0.15, -0.1) is 0 Å². The first-order valence-corrected chi connectivity index (χ1v) is 4.75. The van der Waals surface area contributed by atoms with Crippen LogP contribution in [0, 0.1) is 0 Å². The number of nitrogens with one attached hydrogen (secondary N) is 3. The molecule has 4 nitrogen and oxygen atoms in total. The van der Waals surface area contributed by atoms with Crippen molar-refractivity contribution in [2.45, 2.75) is 19.0 Å². The van der Waals surface area contributed by atoms with E-state index in [4.69, 9.17) is 5.73 Å². The summed E-state index contributed by atoms with van der Waals surface area (Å²) in [6.45, 7) is 7.05. The van der Waals surface area contributed by atoms with Gasteiger partial charge in [0.2, 0.25) is 0 Å². The largest absolute Gasteiger partial charge is 0.325 e. The predicted octanol–water partition coefficient (Wildman–Crippen LogP) is -1.52. The second-order valence-corrected chi connectivity index (χ2v) is 3.24. The lowest BCUT2D eigenvalue weighted by atomic mass is 10.1. The van der Waals surface area contributed by atoms with Gasteiger partial charge in [-0.25, -0.2) is 0 Å². The normalized spacial score (nSPS) is 32.5. The zero-order chi connectivity index (χ0) is 8.81. The molecule has 1 aliphatic rings. The van der Waals surface area contributed by atoms with Crippen LogP contribution in [0.3, 0.4) is 0 Å². The number of hydrogen-bond donors (Lipinski definition) is 4. The Labute approximate surface area is 74.3 Å². The van der Waals surface area contributed by atoms with Crippen molar-refractivity contribution in [3.63, 3.8) is 0 Å². The van der Waals surface area contributed by atoms with Gasteiger partial charge in [0.15, 0.2) is 0 Å². The van der Waals surface area contributed by atoms with Crippen LogP contribution < -0.4 is 21.7 Å². The average Bonchev–Trinajstić information content (AvgIpc) is 2.05. The molecule has 4 heteroatoms. The molecule has 0 aliphatic carbocycles. The molecular formula is C8H20N4. The molecule has 12 heavy (non-hydrogen) atoms. The molecule has 2 atom stereocenters.